The Morgan fingerprint density at radius 2 is 1.80 bits per heavy atom. The van der Waals surface area contributed by atoms with Gasteiger partial charge in [-0.15, -0.1) is 0 Å². The highest BCUT2D eigenvalue weighted by molar-refractivity contribution is 5.87. The highest BCUT2D eigenvalue weighted by Gasteiger charge is 2.59. The third kappa shape index (κ3) is 6.37. The van der Waals surface area contributed by atoms with Crippen molar-refractivity contribution < 1.29 is 43.5 Å². The van der Waals surface area contributed by atoms with Gasteiger partial charge >= 0.3 is 11.9 Å². The fraction of sp³-hybridized carbons (Fsp3) is 0.487. The molecule has 0 aromatic heterocycles. The molecule has 49 heavy (non-hydrogen) atoms. The van der Waals surface area contributed by atoms with E-state index >= 15 is 0 Å². The first-order chi connectivity index (χ1) is 23.5. The van der Waals surface area contributed by atoms with Crippen molar-refractivity contribution in [2.45, 2.75) is 94.2 Å². The topological polar surface area (TPSA) is 124 Å². The van der Waals surface area contributed by atoms with Crippen molar-refractivity contribution in [1.29, 1.82) is 0 Å². The number of aliphatic hydroxyl groups is 2. The Kier molecular flexibility index (Phi) is 8.83. The molecular weight excluding hydrogens is 626 g/mol. The average molecular weight is 672 g/mol. The van der Waals surface area contributed by atoms with Crippen molar-refractivity contribution in [2.75, 3.05) is 27.0 Å². The van der Waals surface area contributed by atoms with Crippen molar-refractivity contribution in [3.63, 3.8) is 0 Å². The van der Waals surface area contributed by atoms with Gasteiger partial charge in [-0.25, -0.2) is 4.79 Å². The van der Waals surface area contributed by atoms with E-state index in [2.05, 4.69) is 11.0 Å². The van der Waals surface area contributed by atoms with Crippen LogP contribution < -0.4 is 9.47 Å². The summed E-state index contributed by atoms with van der Waals surface area (Å²) in [6.07, 6.45) is 3.74. The van der Waals surface area contributed by atoms with Crippen molar-refractivity contribution >= 4 is 22.7 Å². The number of benzene rings is 3. The number of fused-ring (bicyclic) bond motifs is 4. The van der Waals surface area contributed by atoms with E-state index in [0.29, 0.717) is 23.7 Å². The summed E-state index contributed by atoms with van der Waals surface area (Å²) in [7, 11) is 1.56. The maximum absolute atomic E-state index is 14.3. The van der Waals surface area contributed by atoms with Crippen molar-refractivity contribution in [1.82, 2.24) is 4.90 Å². The molecule has 4 aliphatic rings. The molecular formula is C39H45NO9. The Morgan fingerprint density at radius 1 is 1.02 bits per heavy atom. The standard InChI is InChI=1S/C39H45NO9/c1-37(2,43)14-7-16-39(44,22-33(41)46-23-27-11-6-10-25-9-4-5-12-28(25)27)36(42)49-35-32(45-3)21-38-15-8-17-40(38)18-13-26-19-30-31(48-24-47-30)20-29(26)34(35)38/h4-6,9-12,19-21,34-35,43-44H,7-8,13-18,22-24H2,1-3H3/t34-,35?,38+,39?/m1/s1. The van der Waals surface area contributed by atoms with E-state index < -0.39 is 41.2 Å². The van der Waals surface area contributed by atoms with Crippen LogP contribution in [-0.4, -0.2) is 76.9 Å². The molecule has 1 aliphatic carbocycles. The summed E-state index contributed by atoms with van der Waals surface area (Å²) >= 11 is 0. The van der Waals surface area contributed by atoms with Crippen molar-refractivity contribution in [3.8, 4) is 11.5 Å². The third-order valence-electron chi connectivity index (χ3n) is 10.7. The molecule has 2 unspecified atom stereocenters. The zero-order valence-electron chi connectivity index (χ0n) is 28.4. The van der Waals surface area contributed by atoms with Gasteiger partial charge in [0.25, 0.3) is 0 Å². The van der Waals surface area contributed by atoms with Crippen LogP contribution in [-0.2, 0) is 36.8 Å². The number of hydrogen-bond acceptors (Lipinski definition) is 10. The number of rotatable bonds is 11. The first-order valence-electron chi connectivity index (χ1n) is 17.2. The molecule has 260 valence electrons. The van der Waals surface area contributed by atoms with Crippen molar-refractivity contribution in [2.24, 2.45) is 0 Å². The Balaban J connectivity index is 1.16. The van der Waals surface area contributed by atoms with E-state index in [9.17, 15) is 19.8 Å². The smallest absolute Gasteiger partial charge is 0.339 e. The second kappa shape index (κ2) is 13.0. The molecule has 2 N–H and O–H groups in total. The summed E-state index contributed by atoms with van der Waals surface area (Å²) in [5.41, 5.74) is -0.771. The van der Waals surface area contributed by atoms with E-state index in [1.54, 1.807) is 21.0 Å². The van der Waals surface area contributed by atoms with Crippen molar-refractivity contribution in [3.05, 3.63) is 83.1 Å². The van der Waals surface area contributed by atoms with Gasteiger partial charge in [0, 0.05) is 6.54 Å². The minimum atomic E-state index is -2.20. The van der Waals surface area contributed by atoms with E-state index in [0.717, 1.165) is 59.8 Å². The molecule has 3 heterocycles. The molecule has 1 spiro atoms. The van der Waals surface area contributed by atoms with Crippen LogP contribution in [0.5, 0.6) is 11.5 Å². The third-order valence-corrected chi connectivity index (χ3v) is 10.7. The Bertz CT molecular complexity index is 1770. The summed E-state index contributed by atoms with van der Waals surface area (Å²) in [5, 5.41) is 24.4. The minimum absolute atomic E-state index is 0.0124. The molecule has 10 nitrogen and oxygen atoms in total. The summed E-state index contributed by atoms with van der Waals surface area (Å²) in [6, 6.07) is 17.6. The van der Waals surface area contributed by atoms with E-state index in [-0.39, 0.29) is 32.2 Å². The molecule has 3 aliphatic heterocycles. The number of methoxy groups -OCH3 is 1. The lowest BCUT2D eigenvalue weighted by Gasteiger charge is -2.39. The van der Waals surface area contributed by atoms with Crippen LogP contribution in [0.4, 0.5) is 0 Å². The maximum atomic E-state index is 14.3. The normalized spacial score (nSPS) is 23.9. The van der Waals surface area contributed by atoms with Gasteiger partial charge in [-0.05, 0) is 105 Å². The highest BCUT2D eigenvalue weighted by Crippen LogP contribution is 2.55. The number of carbonyl (C=O) groups excluding carboxylic acids is 2. The lowest BCUT2D eigenvalue weighted by Crippen LogP contribution is -2.49. The molecule has 3 aromatic rings. The molecule has 4 atom stereocenters. The van der Waals surface area contributed by atoms with Gasteiger partial charge in [0.2, 0.25) is 6.79 Å². The molecule has 10 heteroatoms. The first kappa shape index (κ1) is 33.4. The SMILES string of the molecule is COC1=C[C@]23CCCN2CCc2cc4c(cc2[C@@H]3C1OC(=O)C(O)(CCCC(C)(C)O)CC(=O)OCc1cccc2ccccc12)OCO4. The zero-order chi connectivity index (χ0) is 34.4. The zero-order valence-corrected chi connectivity index (χ0v) is 28.4. The summed E-state index contributed by atoms with van der Waals surface area (Å²) in [6.45, 7) is 5.18. The summed E-state index contributed by atoms with van der Waals surface area (Å²) in [4.78, 5) is 30.1. The molecule has 0 bridgehead atoms. The molecule has 3 aromatic carbocycles. The fourth-order valence-electron chi connectivity index (χ4n) is 8.26. The number of hydrogen-bond donors (Lipinski definition) is 2. The van der Waals surface area contributed by atoms with Crippen LogP contribution in [0.2, 0.25) is 0 Å². The van der Waals surface area contributed by atoms with Crippen LogP contribution in [0.3, 0.4) is 0 Å². The summed E-state index contributed by atoms with van der Waals surface area (Å²) in [5.74, 6) is -0.132. The lowest BCUT2D eigenvalue weighted by molar-refractivity contribution is -0.179. The maximum Gasteiger partial charge on any atom is 0.339 e. The van der Waals surface area contributed by atoms with Gasteiger partial charge < -0.3 is 33.9 Å². The molecule has 1 saturated heterocycles. The lowest BCUT2D eigenvalue weighted by atomic mass is 9.77. The van der Waals surface area contributed by atoms with Gasteiger partial charge in [0.1, 0.15) is 12.4 Å². The highest BCUT2D eigenvalue weighted by atomic mass is 16.7. The van der Waals surface area contributed by atoms with Gasteiger partial charge in [-0.1, -0.05) is 42.5 Å². The number of nitrogens with zero attached hydrogens (tertiary/aromatic N) is 1. The predicted molar refractivity (Wildman–Crippen MR) is 181 cm³/mol. The van der Waals surface area contributed by atoms with Gasteiger partial charge in [-0.3, -0.25) is 9.69 Å². The van der Waals surface area contributed by atoms with Gasteiger partial charge in [-0.2, -0.15) is 0 Å². The minimum Gasteiger partial charge on any atom is -0.497 e. The Morgan fingerprint density at radius 3 is 2.59 bits per heavy atom. The summed E-state index contributed by atoms with van der Waals surface area (Å²) < 4.78 is 29.4. The second-order valence-electron chi connectivity index (χ2n) is 14.5. The Hall–Kier alpha value is -4.12. The Labute approximate surface area is 286 Å². The average Bonchev–Trinajstić information content (AvgIpc) is 3.76. The fourth-order valence-corrected chi connectivity index (χ4v) is 8.26. The molecule has 0 saturated carbocycles. The molecule has 1 fully saturated rings. The monoisotopic (exact) mass is 671 g/mol. The predicted octanol–water partition coefficient (Wildman–Crippen LogP) is 5.30. The molecule has 0 amide bonds. The van der Waals surface area contributed by atoms with Crippen LogP contribution >= 0.6 is 0 Å². The van der Waals surface area contributed by atoms with Gasteiger partial charge in [0.05, 0.1) is 30.6 Å². The van der Waals surface area contributed by atoms with Crippen LogP contribution in [0.1, 0.15) is 75.0 Å². The largest absolute Gasteiger partial charge is 0.497 e. The number of ether oxygens (including phenoxy) is 5. The first-order valence-corrected chi connectivity index (χ1v) is 17.2. The van der Waals surface area contributed by atoms with Gasteiger partial charge in [0.15, 0.2) is 23.2 Å². The number of carbonyl (C=O) groups is 2. The van der Waals surface area contributed by atoms with Crippen LogP contribution in [0, 0.1) is 0 Å². The van der Waals surface area contributed by atoms with Crippen LogP contribution in [0.25, 0.3) is 10.8 Å². The quantitative estimate of drug-likeness (QED) is 0.260. The van der Waals surface area contributed by atoms with E-state index in [1.807, 2.05) is 54.6 Å². The van der Waals surface area contributed by atoms with Crippen LogP contribution in [0.15, 0.2) is 66.4 Å². The van der Waals surface area contributed by atoms with E-state index in [1.165, 1.54) is 0 Å². The molecule has 0 radical (unpaired) electrons. The molecule has 7 rings (SSSR count). The number of esters is 2. The van der Waals surface area contributed by atoms with E-state index in [4.69, 9.17) is 23.7 Å². The second-order valence-corrected chi connectivity index (χ2v) is 14.5.